The Morgan fingerprint density at radius 3 is 1.70 bits per heavy atom. The van der Waals surface area contributed by atoms with Gasteiger partial charge in [0.15, 0.2) is 0 Å². The summed E-state index contributed by atoms with van der Waals surface area (Å²) in [6.07, 6.45) is -9.89. The highest BCUT2D eigenvalue weighted by atomic mass is 19.4. The lowest BCUT2D eigenvalue weighted by Gasteiger charge is -2.12. The van der Waals surface area contributed by atoms with E-state index in [4.69, 9.17) is 5.73 Å². The molecule has 1 heterocycles. The second-order valence-corrected chi connectivity index (χ2v) is 3.74. The first-order chi connectivity index (χ1) is 9.07. The van der Waals surface area contributed by atoms with E-state index in [9.17, 15) is 26.3 Å². The van der Waals surface area contributed by atoms with Gasteiger partial charge in [-0.3, -0.25) is 0 Å². The van der Waals surface area contributed by atoms with Crippen LogP contribution in [0.15, 0.2) is 22.6 Å². The van der Waals surface area contributed by atoms with Gasteiger partial charge in [0.25, 0.3) is 0 Å². The topological polar surface area (TPSA) is 64.9 Å². The van der Waals surface area contributed by atoms with Gasteiger partial charge in [-0.15, -0.1) is 5.10 Å². The molecule has 0 bridgehead atoms. The molecule has 0 saturated carbocycles. The van der Waals surface area contributed by atoms with Crippen LogP contribution in [0.5, 0.6) is 0 Å². The number of nitrogens with zero attached hydrogens (tertiary/aromatic N) is 2. The third-order valence-corrected chi connectivity index (χ3v) is 2.28. The Bertz CT molecular complexity index is 598. The van der Waals surface area contributed by atoms with Crippen molar-refractivity contribution in [2.45, 2.75) is 12.4 Å². The van der Waals surface area contributed by atoms with Crippen molar-refractivity contribution in [2.24, 2.45) is 0 Å². The summed E-state index contributed by atoms with van der Waals surface area (Å²) in [5.74, 6) is -0.529. The summed E-state index contributed by atoms with van der Waals surface area (Å²) < 4.78 is 80.2. The smallest absolute Gasteiger partial charge is 0.404 e. The number of aromatic nitrogens is 2. The van der Waals surface area contributed by atoms with E-state index in [0.29, 0.717) is 12.1 Å². The van der Waals surface area contributed by atoms with Gasteiger partial charge in [-0.05, 0) is 18.2 Å². The Balaban J connectivity index is 2.63. The molecule has 0 aliphatic heterocycles. The third kappa shape index (κ3) is 2.83. The monoisotopic (exact) mass is 297 g/mol. The molecule has 4 nitrogen and oxygen atoms in total. The molecule has 0 aliphatic carbocycles. The number of halogens is 6. The van der Waals surface area contributed by atoms with Gasteiger partial charge in [0.2, 0.25) is 5.89 Å². The second-order valence-electron chi connectivity index (χ2n) is 3.74. The van der Waals surface area contributed by atoms with Crippen molar-refractivity contribution in [3.05, 3.63) is 29.3 Å². The molecule has 2 aromatic rings. The molecule has 0 saturated heterocycles. The van der Waals surface area contributed by atoms with Crippen molar-refractivity contribution in [3.8, 4) is 11.5 Å². The zero-order valence-corrected chi connectivity index (χ0v) is 9.38. The van der Waals surface area contributed by atoms with E-state index < -0.39 is 40.9 Å². The largest absolute Gasteiger partial charge is 0.416 e. The summed E-state index contributed by atoms with van der Waals surface area (Å²) in [5, 5.41) is 6.43. The molecule has 20 heavy (non-hydrogen) atoms. The van der Waals surface area contributed by atoms with Gasteiger partial charge in [0.05, 0.1) is 11.1 Å². The van der Waals surface area contributed by atoms with Crippen LogP contribution in [0, 0.1) is 0 Å². The molecule has 0 radical (unpaired) electrons. The molecule has 1 aromatic carbocycles. The van der Waals surface area contributed by atoms with Crippen LogP contribution in [0.2, 0.25) is 0 Å². The van der Waals surface area contributed by atoms with Crippen LogP contribution < -0.4 is 5.73 Å². The highest BCUT2D eigenvalue weighted by Crippen LogP contribution is 2.38. The van der Waals surface area contributed by atoms with Crippen LogP contribution in [0.4, 0.5) is 32.4 Å². The molecular formula is C10H5F6N3O. The lowest BCUT2D eigenvalue weighted by Crippen LogP contribution is -2.11. The zero-order chi connectivity index (χ0) is 15.1. The van der Waals surface area contributed by atoms with Gasteiger partial charge in [-0.25, -0.2) is 0 Å². The fraction of sp³-hybridized carbons (Fsp3) is 0.200. The number of alkyl halides is 6. The van der Waals surface area contributed by atoms with Crippen LogP contribution >= 0.6 is 0 Å². The average Bonchev–Trinajstić information content (AvgIpc) is 2.73. The van der Waals surface area contributed by atoms with Gasteiger partial charge >= 0.3 is 18.4 Å². The minimum Gasteiger partial charge on any atom is -0.404 e. The summed E-state index contributed by atoms with van der Waals surface area (Å²) >= 11 is 0. The summed E-state index contributed by atoms with van der Waals surface area (Å²) in [4.78, 5) is 0. The van der Waals surface area contributed by atoms with Gasteiger partial charge in [-0.2, -0.15) is 26.3 Å². The molecule has 0 fully saturated rings. The van der Waals surface area contributed by atoms with Crippen molar-refractivity contribution >= 4 is 6.01 Å². The van der Waals surface area contributed by atoms with Crippen LogP contribution in [0.1, 0.15) is 11.1 Å². The minimum atomic E-state index is -4.94. The Hall–Kier alpha value is -2.26. The van der Waals surface area contributed by atoms with Crippen LogP contribution in [-0.4, -0.2) is 10.2 Å². The molecule has 0 unspecified atom stereocenters. The van der Waals surface area contributed by atoms with Crippen molar-refractivity contribution in [1.29, 1.82) is 0 Å². The van der Waals surface area contributed by atoms with E-state index in [1.54, 1.807) is 0 Å². The highest BCUT2D eigenvalue weighted by molar-refractivity contribution is 5.57. The average molecular weight is 297 g/mol. The van der Waals surface area contributed by atoms with Crippen LogP contribution in [0.25, 0.3) is 11.5 Å². The fourth-order valence-electron chi connectivity index (χ4n) is 1.43. The molecule has 0 atom stereocenters. The van der Waals surface area contributed by atoms with Crippen molar-refractivity contribution in [1.82, 2.24) is 10.2 Å². The first-order valence-corrected chi connectivity index (χ1v) is 4.96. The Kier molecular flexibility index (Phi) is 3.11. The number of rotatable bonds is 1. The normalized spacial score (nSPS) is 12.7. The van der Waals surface area contributed by atoms with E-state index in [0.717, 1.165) is 0 Å². The van der Waals surface area contributed by atoms with Crippen LogP contribution in [0.3, 0.4) is 0 Å². The van der Waals surface area contributed by atoms with Crippen molar-refractivity contribution in [2.75, 3.05) is 5.73 Å². The summed E-state index contributed by atoms with van der Waals surface area (Å²) in [5.41, 5.74) is 1.62. The lowest BCUT2D eigenvalue weighted by molar-refractivity contribution is -0.143. The molecule has 1 aromatic heterocycles. The lowest BCUT2D eigenvalue weighted by atomic mass is 10.0. The van der Waals surface area contributed by atoms with Crippen LogP contribution in [-0.2, 0) is 12.4 Å². The number of nitrogens with two attached hydrogens (primary N) is 1. The van der Waals surface area contributed by atoms with Gasteiger partial charge in [0.1, 0.15) is 0 Å². The zero-order valence-electron chi connectivity index (χ0n) is 9.38. The third-order valence-electron chi connectivity index (χ3n) is 2.28. The van der Waals surface area contributed by atoms with Crippen molar-refractivity contribution in [3.63, 3.8) is 0 Å². The Morgan fingerprint density at radius 2 is 1.35 bits per heavy atom. The molecule has 108 valence electrons. The SMILES string of the molecule is Nc1nnc(-c2cc(C(F)(F)F)cc(C(F)(F)F)c2)o1. The number of hydrogen-bond acceptors (Lipinski definition) is 4. The standard InChI is InChI=1S/C10H5F6N3O/c11-9(12,13)5-1-4(7-18-19-8(17)20-7)2-6(3-5)10(14,15)16/h1-3H,(H2,17,19). The fourth-order valence-corrected chi connectivity index (χ4v) is 1.43. The van der Waals surface area contributed by atoms with E-state index in [2.05, 4.69) is 14.6 Å². The molecule has 0 amide bonds. The first-order valence-electron chi connectivity index (χ1n) is 4.96. The summed E-state index contributed by atoms with van der Waals surface area (Å²) in [7, 11) is 0. The number of nitrogen functional groups attached to an aromatic ring is 1. The maximum absolute atomic E-state index is 12.6. The van der Waals surface area contributed by atoms with E-state index in [-0.39, 0.29) is 6.07 Å². The molecule has 10 heteroatoms. The maximum atomic E-state index is 12.6. The summed E-state index contributed by atoms with van der Waals surface area (Å²) in [6, 6.07) is 0.485. The van der Waals surface area contributed by atoms with E-state index in [1.165, 1.54) is 0 Å². The number of benzene rings is 1. The molecule has 0 spiro atoms. The maximum Gasteiger partial charge on any atom is 0.416 e. The Labute approximate surface area is 107 Å². The van der Waals surface area contributed by atoms with Gasteiger partial charge in [0, 0.05) is 5.56 Å². The first kappa shape index (κ1) is 14.2. The number of hydrogen-bond donors (Lipinski definition) is 1. The quantitative estimate of drug-likeness (QED) is 0.820. The summed E-state index contributed by atoms with van der Waals surface area (Å²) in [6.45, 7) is 0. The molecular weight excluding hydrogens is 292 g/mol. The van der Waals surface area contributed by atoms with Gasteiger partial charge in [-0.1, -0.05) is 5.10 Å². The molecule has 2 rings (SSSR count). The Morgan fingerprint density at radius 1 is 0.850 bits per heavy atom. The molecule has 2 N–H and O–H groups in total. The van der Waals surface area contributed by atoms with E-state index >= 15 is 0 Å². The predicted molar refractivity (Wildman–Crippen MR) is 54.2 cm³/mol. The highest BCUT2D eigenvalue weighted by Gasteiger charge is 2.37. The predicted octanol–water partition coefficient (Wildman–Crippen LogP) is 3.36. The second kappa shape index (κ2) is 4.39. The van der Waals surface area contributed by atoms with Gasteiger partial charge < -0.3 is 10.2 Å². The number of anilines is 1. The van der Waals surface area contributed by atoms with E-state index in [1.807, 2.05) is 0 Å². The minimum absolute atomic E-state index is 0.00320. The molecule has 0 aliphatic rings. The van der Waals surface area contributed by atoms with Crippen molar-refractivity contribution < 1.29 is 30.8 Å².